The van der Waals surface area contributed by atoms with Gasteiger partial charge in [-0.2, -0.15) is 0 Å². The topological polar surface area (TPSA) is 99.6 Å². The number of Topliss-reactive ketones (excluding diaryl/α,β-unsaturated/α-hetero) is 1. The van der Waals surface area contributed by atoms with Gasteiger partial charge in [-0.25, -0.2) is 4.98 Å². The van der Waals surface area contributed by atoms with Gasteiger partial charge in [-0.15, -0.1) is 0 Å². The maximum atomic E-state index is 13.4. The second-order valence-electron chi connectivity index (χ2n) is 10.2. The average Bonchev–Trinajstić information content (AvgIpc) is 3.40. The number of piperazine rings is 1. The lowest BCUT2D eigenvalue weighted by Crippen LogP contribution is -2.46. The van der Waals surface area contributed by atoms with E-state index in [0.29, 0.717) is 11.3 Å². The summed E-state index contributed by atoms with van der Waals surface area (Å²) in [5.41, 5.74) is 5.36. The Hall–Kier alpha value is -4.92. The first-order valence-corrected chi connectivity index (χ1v) is 13.7. The molecule has 1 aliphatic rings. The van der Waals surface area contributed by atoms with Crippen LogP contribution in [0.1, 0.15) is 21.7 Å². The van der Waals surface area contributed by atoms with Crippen molar-refractivity contribution in [1.29, 1.82) is 0 Å². The van der Waals surface area contributed by atoms with E-state index in [1.54, 1.807) is 24.4 Å². The van der Waals surface area contributed by atoms with E-state index < -0.39 is 11.7 Å². The van der Waals surface area contributed by atoms with Crippen LogP contribution < -0.4 is 20.4 Å². The van der Waals surface area contributed by atoms with Crippen LogP contribution in [-0.2, 0) is 16.1 Å². The zero-order valence-electron chi connectivity index (χ0n) is 23.6. The largest absolute Gasteiger partial charge is 0.368 e. The van der Waals surface area contributed by atoms with E-state index in [4.69, 9.17) is 4.98 Å². The van der Waals surface area contributed by atoms with Crippen molar-refractivity contribution in [3.63, 3.8) is 0 Å². The number of nitrogens with one attached hydrogen (secondary N) is 2. The Kier molecular flexibility index (Phi) is 8.14. The molecule has 3 heterocycles. The molecule has 0 unspecified atom stereocenters. The molecule has 2 amide bonds. The standard InChI is InChI=1S/C32H34N6O3/c1-22-19-23(2)34-28(20-22)37-17-15-36(16-18-37)26-11-9-25(10-12-26)35-32(41)31(40)30-27(24-7-5-4-6-8-24)13-14-38(30)21-29(39)33-3/h4-14,19-20H,15-18,21H2,1-3H3,(H,33,39)(H,35,41). The molecule has 210 valence electrons. The number of aromatic nitrogens is 2. The Labute approximate surface area is 239 Å². The molecule has 9 heteroatoms. The molecule has 2 aromatic carbocycles. The van der Waals surface area contributed by atoms with Gasteiger partial charge in [0.2, 0.25) is 5.91 Å². The van der Waals surface area contributed by atoms with E-state index in [2.05, 4.69) is 39.5 Å². The molecule has 9 nitrogen and oxygen atoms in total. The lowest BCUT2D eigenvalue weighted by Gasteiger charge is -2.37. The number of carbonyl (C=O) groups is 3. The van der Waals surface area contributed by atoms with Gasteiger partial charge >= 0.3 is 0 Å². The quantitative estimate of drug-likeness (QED) is 0.254. The third-order valence-corrected chi connectivity index (χ3v) is 7.24. The summed E-state index contributed by atoms with van der Waals surface area (Å²) in [6.45, 7) is 7.47. The Bertz CT molecular complexity index is 1530. The average molecular weight is 551 g/mol. The van der Waals surface area contributed by atoms with Crippen LogP contribution in [0.5, 0.6) is 0 Å². The molecule has 1 aliphatic heterocycles. The Balaban J connectivity index is 1.26. The minimum Gasteiger partial charge on any atom is -0.368 e. The summed E-state index contributed by atoms with van der Waals surface area (Å²) < 4.78 is 1.51. The van der Waals surface area contributed by atoms with Crippen molar-refractivity contribution in [2.24, 2.45) is 0 Å². The van der Waals surface area contributed by atoms with Gasteiger partial charge in [0.05, 0.1) is 0 Å². The van der Waals surface area contributed by atoms with Gasteiger partial charge in [0.15, 0.2) is 0 Å². The third-order valence-electron chi connectivity index (χ3n) is 7.24. The highest BCUT2D eigenvalue weighted by atomic mass is 16.2. The van der Waals surface area contributed by atoms with Gasteiger partial charge in [0, 0.05) is 62.1 Å². The number of likely N-dealkylation sites (N-methyl/N-ethyl adjacent to an activating group) is 1. The smallest absolute Gasteiger partial charge is 0.298 e. The number of hydrogen-bond acceptors (Lipinski definition) is 6. The molecular weight excluding hydrogens is 516 g/mol. The monoisotopic (exact) mass is 550 g/mol. The molecular formula is C32H34N6O3. The van der Waals surface area contributed by atoms with E-state index in [1.807, 2.05) is 49.4 Å². The van der Waals surface area contributed by atoms with Crippen LogP contribution in [0.2, 0.25) is 0 Å². The number of hydrogen-bond donors (Lipinski definition) is 2. The number of benzene rings is 2. The molecule has 0 aliphatic carbocycles. The molecule has 4 aromatic rings. The van der Waals surface area contributed by atoms with Crippen molar-refractivity contribution >= 4 is 34.8 Å². The maximum absolute atomic E-state index is 13.4. The Morgan fingerprint density at radius 1 is 0.854 bits per heavy atom. The fraction of sp³-hybridized carbons (Fsp3) is 0.250. The van der Waals surface area contributed by atoms with Crippen LogP contribution in [0.3, 0.4) is 0 Å². The summed E-state index contributed by atoms with van der Waals surface area (Å²) in [5.74, 6) is -0.725. The Morgan fingerprint density at radius 2 is 1.54 bits per heavy atom. The highest BCUT2D eigenvalue weighted by Gasteiger charge is 2.26. The van der Waals surface area contributed by atoms with E-state index in [0.717, 1.165) is 48.9 Å². The number of rotatable bonds is 8. The first kappa shape index (κ1) is 27.6. The van der Waals surface area contributed by atoms with Crippen molar-refractivity contribution in [2.75, 3.05) is 48.3 Å². The summed E-state index contributed by atoms with van der Waals surface area (Å²) >= 11 is 0. The second-order valence-corrected chi connectivity index (χ2v) is 10.2. The SMILES string of the molecule is CNC(=O)Cn1ccc(-c2ccccc2)c1C(=O)C(=O)Nc1ccc(N2CCN(c3cc(C)cc(C)n3)CC2)cc1. The first-order chi connectivity index (χ1) is 19.8. The van der Waals surface area contributed by atoms with Crippen molar-refractivity contribution in [1.82, 2.24) is 14.9 Å². The van der Waals surface area contributed by atoms with Gasteiger partial charge < -0.3 is 25.0 Å². The zero-order chi connectivity index (χ0) is 28.9. The van der Waals surface area contributed by atoms with Crippen LogP contribution in [0.25, 0.3) is 11.1 Å². The van der Waals surface area contributed by atoms with Crippen molar-refractivity contribution in [3.8, 4) is 11.1 Å². The zero-order valence-corrected chi connectivity index (χ0v) is 23.6. The summed E-state index contributed by atoms with van der Waals surface area (Å²) in [7, 11) is 1.53. The number of aryl methyl sites for hydroxylation is 2. The van der Waals surface area contributed by atoms with E-state index in [9.17, 15) is 14.4 Å². The molecule has 5 rings (SSSR count). The Morgan fingerprint density at radius 3 is 2.20 bits per heavy atom. The molecule has 0 radical (unpaired) electrons. The highest BCUT2D eigenvalue weighted by molar-refractivity contribution is 6.47. The van der Waals surface area contributed by atoms with E-state index in [-0.39, 0.29) is 18.1 Å². The molecule has 1 saturated heterocycles. The van der Waals surface area contributed by atoms with Gasteiger partial charge in [-0.1, -0.05) is 30.3 Å². The van der Waals surface area contributed by atoms with Crippen LogP contribution in [0.15, 0.2) is 79.0 Å². The van der Waals surface area contributed by atoms with Crippen molar-refractivity contribution in [2.45, 2.75) is 20.4 Å². The predicted molar refractivity (Wildman–Crippen MR) is 161 cm³/mol. The summed E-state index contributed by atoms with van der Waals surface area (Å²) in [5, 5.41) is 5.30. The minimum atomic E-state index is -0.763. The number of anilines is 3. The normalized spacial score (nSPS) is 13.1. The predicted octanol–water partition coefficient (Wildman–Crippen LogP) is 4.06. The van der Waals surface area contributed by atoms with Crippen LogP contribution >= 0.6 is 0 Å². The molecule has 0 spiro atoms. The summed E-state index contributed by atoms with van der Waals surface area (Å²) in [6.07, 6.45) is 1.66. The molecule has 2 N–H and O–H groups in total. The molecule has 0 saturated carbocycles. The number of pyridine rings is 1. The molecule has 41 heavy (non-hydrogen) atoms. The lowest BCUT2D eigenvalue weighted by molar-refractivity contribution is -0.121. The fourth-order valence-electron chi connectivity index (χ4n) is 5.17. The van der Waals surface area contributed by atoms with Crippen LogP contribution in [-0.4, -0.2) is 60.4 Å². The molecule has 1 fully saturated rings. The molecule has 0 atom stereocenters. The maximum Gasteiger partial charge on any atom is 0.298 e. The first-order valence-electron chi connectivity index (χ1n) is 13.7. The highest BCUT2D eigenvalue weighted by Crippen LogP contribution is 2.27. The van der Waals surface area contributed by atoms with Gasteiger partial charge in [-0.05, 0) is 67.4 Å². The number of carbonyl (C=O) groups excluding carboxylic acids is 3. The van der Waals surface area contributed by atoms with Gasteiger partial charge in [0.25, 0.3) is 11.7 Å². The van der Waals surface area contributed by atoms with E-state index >= 15 is 0 Å². The van der Waals surface area contributed by atoms with E-state index in [1.165, 1.54) is 17.2 Å². The number of nitrogens with zero attached hydrogens (tertiary/aromatic N) is 4. The second kappa shape index (κ2) is 12.1. The van der Waals surface area contributed by atoms with Crippen molar-refractivity contribution < 1.29 is 14.4 Å². The molecule has 0 bridgehead atoms. The van der Waals surface area contributed by atoms with Crippen LogP contribution in [0.4, 0.5) is 17.2 Å². The summed E-state index contributed by atoms with van der Waals surface area (Å²) in [6, 6.07) is 22.8. The van der Waals surface area contributed by atoms with Gasteiger partial charge in [-0.3, -0.25) is 14.4 Å². The fourth-order valence-corrected chi connectivity index (χ4v) is 5.17. The lowest BCUT2D eigenvalue weighted by atomic mass is 10.0. The third kappa shape index (κ3) is 6.30. The minimum absolute atomic E-state index is 0.0702. The number of ketones is 1. The van der Waals surface area contributed by atoms with Gasteiger partial charge in [0.1, 0.15) is 18.1 Å². The van der Waals surface area contributed by atoms with Crippen molar-refractivity contribution in [3.05, 3.63) is 95.9 Å². The molecule has 2 aromatic heterocycles. The van der Waals surface area contributed by atoms with Crippen LogP contribution in [0, 0.1) is 13.8 Å². The summed E-state index contributed by atoms with van der Waals surface area (Å²) in [4.78, 5) is 47.9. The number of amides is 2.